The molecule has 1 atom stereocenters. The molecular weight excluding hydrogens is 374 g/mol. The van der Waals surface area contributed by atoms with Gasteiger partial charge in [0.15, 0.2) is 6.61 Å². The van der Waals surface area contributed by atoms with Crippen LogP contribution < -0.4 is 10.1 Å². The second-order valence-electron chi connectivity index (χ2n) is 7.61. The van der Waals surface area contributed by atoms with Crippen LogP contribution in [-0.2, 0) is 22.4 Å². The van der Waals surface area contributed by atoms with Crippen LogP contribution in [0.1, 0.15) is 59.5 Å². The maximum Gasteiger partial charge on any atom is 0.341 e. The number of hydrogen-bond acceptors (Lipinski definition) is 5. The molecule has 1 aromatic heterocycles. The number of methoxy groups -OCH3 is 1. The summed E-state index contributed by atoms with van der Waals surface area (Å²) >= 11 is 1.48. The lowest BCUT2D eigenvalue weighted by atomic mass is 9.88. The first-order valence-corrected chi connectivity index (χ1v) is 10.5. The number of fused-ring (bicyclic) bond motifs is 1. The summed E-state index contributed by atoms with van der Waals surface area (Å²) in [5.74, 6) is 0.989. The minimum atomic E-state index is -0.396. The molecule has 6 heteroatoms. The fourth-order valence-electron chi connectivity index (χ4n) is 3.42. The van der Waals surface area contributed by atoms with Crippen molar-refractivity contribution in [3.05, 3.63) is 45.8 Å². The Bertz CT molecular complexity index is 854. The van der Waals surface area contributed by atoms with Crippen molar-refractivity contribution >= 4 is 28.2 Å². The number of rotatable bonds is 6. The number of carbonyl (C=O) groups excluding carboxylic acids is 2. The Morgan fingerprint density at radius 2 is 1.96 bits per heavy atom. The predicted octanol–water partition coefficient (Wildman–Crippen LogP) is 4.80. The normalized spacial score (nSPS) is 15.8. The highest BCUT2D eigenvalue weighted by Crippen LogP contribution is 2.40. The number of ether oxygens (including phenoxy) is 2. The summed E-state index contributed by atoms with van der Waals surface area (Å²) in [6.07, 6.45) is 2.81. The SMILES string of the molecule is COC(=O)c1c(NC(=O)COc2ccc(C(C)C)cc2)sc2c1CC[C@H](C)C2. The monoisotopic (exact) mass is 401 g/mol. The van der Waals surface area contributed by atoms with Crippen molar-refractivity contribution in [2.24, 2.45) is 5.92 Å². The molecule has 0 spiro atoms. The topological polar surface area (TPSA) is 64.6 Å². The van der Waals surface area contributed by atoms with Crippen LogP contribution in [0.3, 0.4) is 0 Å². The Hall–Kier alpha value is -2.34. The first-order chi connectivity index (χ1) is 13.4. The van der Waals surface area contributed by atoms with Crippen LogP contribution in [0.15, 0.2) is 24.3 Å². The number of hydrogen-bond donors (Lipinski definition) is 1. The number of anilines is 1. The molecule has 0 bridgehead atoms. The third-order valence-corrected chi connectivity index (χ3v) is 6.24. The Balaban J connectivity index is 1.69. The minimum Gasteiger partial charge on any atom is -0.484 e. The smallest absolute Gasteiger partial charge is 0.341 e. The molecule has 1 amide bonds. The second kappa shape index (κ2) is 8.78. The van der Waals surface area contributed by atoms with Crippen LogP contribution in [0.5, 0.6) is 5.75 Å². The molecule has 2 aromatic rings. The van der Waals surface area contributed by atoms with Crippen molar-refractivity contribution in [2.75, 3.05) is 19.0 Å². The molecule has 1 aromatic carbocycles. The Morgan fingerprint density at radius 1 is 1.25 bits per heavy atom. The van der Waals surface area contributed by atoms with Gasteiger partial charge in [-0.3, -0.25) is 4.79 Å². The predicted molar refractivity (Wildman–Crippen MR) is 112 cm³/mol. The molecule has 28 heavy (non-hydrogen) atoms. The number of amides is 1. The van der Waals surface area contributed by atoms with Gasteiger partial charge >= 0.3 is 5.97 Å². The molecule has 0 fully saturated rings. The van der Waals surface area contributed by atoms with Gasteiger partial charge in [0.05, 0.1) is 12.7 Å². The van der Waals surface area contributed by atoms with Crippen molar-refractivity contribution in [1.82, 2.24) is 0 Å². The van der Waals surface area contributed by atoms with Crippen LogP contribution in [0.2, 0.25) is 0 Å². The van der Waals surface area contributed by atoms with E-state index in [2.05, 4.69) is 26.1 Å². The number of nitrogens with one attached hydrogen (secondary N) is 1. The van der Waals surface area contributed by atoms with E-state index in [1.54, 1.807) is 0 Å². The third-order valence-electron chi connectivity index (χ3n) is 5.07. The molecule has 1 heterocycles. The van der Waals surface area contributed by atoms with Crippen LogP contribution in [0, 0.1) is 5.92 Å². The molecule has 5 nitrogen and oxygen atoms in total. The molecule has 1 aliphatic carbocycles. The van der Waals surface area contributed by atoms with E-state index in [-0.39, 0.29) is 12.5 Å². The van der Waals surface area contributed by atoms with E-state index < -0.39 is 5.97 Å². The lowest BCUT2D eigenvalue weighted by Crippen LogP contribution is -2.21. The van der Waals surface area contributed by atoms with Gasteiger partial charge in [-0.25, -0.2) is 4.79 Å². The Labute approximate surface area is 170 Å². The van der Waals surface area contributed by atoms with Gasteiger partial charge in [-0.15, -0.1) is 11.3 Å². The number of thiophene rings is 1. The molecule has 1 N–H and O–H groups in total. The van der Waals surface area contributed by atoms with Crippen LogP contribution in [-0.4, -0.2) is 25.6 Å². The molecule has 0 aliphatic heterocycles. The molecule has 0 saturated heterocycles. The van der Waals surface area contributed by atoms with Crippen LogP contribution >= 0.6 is 11.3 Å². The van der Waals surface area contributed by atoms with E-state index in [9.17, 15) is 9.59 Å². The second-order valence-corrected chi connectivity index (χ2v) is 8.71. The number of benzene rings is 1. The van der Waals surface area contributed by atoms with E-state index in [1.807, 2.05) is 24.3 Å². The Morgan fingerprint density at radius 3 is 2.61 bits per heavy atom. The minimum absolute atomic E-state index is 0.111. The van der Waals surface area contributed by atoms with Crippen molar-refractivity contribution < 1.29 is 19.1 Å². The lowest BCUT2D eigenvalue weighted by Gasteiger charge is -2.18. The van der Waals surface area contributed by atoms with E-state index in [4.69, 9.17) is 9.47 Å². The fourth-order valence-corrected chi connectivity index (χ4v) is 4.83. The van der Waals surface area contributed by atoms with Crippen molar-refractivity contribution in [3.63, 3.8) is 0 Å². The summed E-state index contributed by atoms with van der Waals surface area (Å²) < 4.78 is 10.6. The van der Waals surface area contributed by atoms with Gasteiger partial charge in [-0.1, -0.05) is 32.9 Å². The summed E-state index contributed by atoms with van der Waals surface area (Å²) in [6, 6.07) is 7.74. The average Bonchev–Trinajstić information content (AvgIpc) is 3.02. The number of carbonyl (C=O) groups is 2. The van der Waals surface area contributed by atoms with Crippen molar-refractivity contribution in [3.8, 4) is 5.75 Å². The highest BCUT2D eigenvalue weighted by molar-refractivity contribution is 7.17. The first kappa shape index (κ1) is 20.4. The number of esters is 1. The lowest BCUT2D eigenvalue weighted by molar-refractivity contribution is -0.118. The quantitative estimate of drug-likeness (QED) is 0.706. The van der Waals surface area contributed by atoms with Gasteiger partial charge in [-0.05, 0) is 54.4 Å². The van der Waals surface area contributed by atoms with Gasteiger partial charge in [0.25, 0.3) is 5.91 Å². The van der Waals surface area contributed by atoms with E-state index in [1.165, 1.54) is 28.9 Å². The zero-order chi connectivity index (χ0) is 20.3. The highest BCUT2D eigenvalue weighted by atomic mass is 32.1. The maximum absolute atomic E-state index is 12.4. The van der Waals surface area contributed by atoms with E-state index in [0.717, 1.165) is 24.8 Å². The standard InChI is InChI=1S/C22H27NO4S/c1-13(2)15-6-8-16(9-7-15)27-12-19(24)23-21-20(22(25)26-4)17-10-5-14(3)11-18(17)28-21/h6-9,13-14H,5,10-12H2,1-4H3,(H,23,24)/t14-/m0/s1. The highest BCUT2D eigenvalue weighted by Gasteiger charge is 2.28. The zero-order valence-electron chi connectivity index (χ0n) is 16.8. The Kier molecular flexibility index (Phi) is 6.39. The van der Waals surface area contributed by atoms with Crippen LogP contribution in [0.25, 0.3) is 0 Å². The average molecular weight is 402 g/mol. The maximum atomic E-state index is 12.4. The molecule has 0 radical (unpaired) electrons. The molecule has 3 rings (SSSR count). The van der Waals surface area contributed by atoms with Gasteiger partial charge < -0.3 is 14.8 Å². The van der Waals surface area contributed by atoms with Crippen molar-refractivity contribution in [1.29, 1.82) is 0 Å². The van der Waals surface area contributed by atoms with Crippen molar-refractivity contribution in [2.45, 2.75) is 46.0 Å². The molecule has 0 unspecified atom stereocenters. The van der Waals surface area contributed by atoms with E-state index >= 15 is 0 Å². The zero-order valence-corrected chi connectivity index (χ0v) is 17.7. The van der Waals surface area contributed by atoms with Gasteiger partial charge in [-0.2, -0.15) is 0 Å². The molecule has 0 saturated carbocycles. The van der Waals surface area contributed by atoms with Crippen LogP contribution in [0.4, 0.5) is 5.00 Å². The summed E-state index contributed by atoms with van der Waals surface area (Å²) in [5.41, 5.74) is 2.75. The largest absolute Gasteiger partial charge is 0.484 e. The summed E-state index contributed by atoms with van der Waals surface area (Å²) in [4.78, 5) is 25.9. The van der Waals surface area contributed by atoms with Gasteiger partial charge in [0.2, 0.25) is 0 Å². The molecular formula is C22H27NO4S. The van der Waals surface area contributed by atoms with Gasteiger partial charge in [0, 0.05) is 4.88 Å². The fraction of sp³-hybridized carbons (Fsp3) is 0.455. The summed E-state index contributed by atoms with van der Waals surface area (Å²) in [7, 11) is 1.37. The summed E-state index contributed by atoms with van der Waals surface area (Å²) in [6.45, 7) is 6.35. The van der Waals surface area contributed by atoms with E-state index in [0.29, 0.717) is 28.1 Å². The summed E-state index contributed by atoms with van der Waals surface area (Å²) in [5, 5.41) is 3.42. The molecule has 1 aliphatic rings. The molecule has 150 valence electrons. The third kappa shape index (κ3) is 4.55. The van der Waals surface area contributed by atoms with Gasteiger partial charge in [0.1, 0.15) is 10.8 Å². The first-order valence-electron chi connectivity index (χ1n) is 9.64.